The van der Waals surface area contributed by atoms with Crippen LogP contribution in [0.2, 0.25) is 0 Å². The molecule has 3 atom stereocenters. The lowest BCUT2D eigenvalue weighted by Crippen LogP contribution is -2.37. The monoisotopic (exact) mass is 309 g/mol. The van der Waals surface area contributed by atoms with Gasteiger partial charge >= 0.3 is 0 Å². The topological polar surface area (TPSA) is 29.1 Å². The molecule has 98 valence electrons. The Balaban J connectivity index is 1.99. The first-order valence-electron chi connectivity index (χ1n) is 6.57. The van der Waals surface area contributed by atoms with Crippen molar-refractivity contribution in [1.82, 2.24) is 5.32 Å². The first kappa shape index (κ1) is 13.6. The van der Waals surface area contributed by atoms with Crippen molar-refractivity contribution in [2.24, 2.45) is 11.8 Å². The van der Waals surface area contributed by atoms with Crippen LogP contribution in [-0.4, -0.2) is 11.9 Å². The first-order chi connectivity index (χ1) is 8.61. The average Bonchev–Trinajstić information content (AvgIpc) is 2.71. The third-order valence-corrected chi connectivity index (χ3v) is 4.80. The maximum atomic E-state index is 12.1. The molecule has 1 aliphatic rings. The maximum Gasteiger partial charge on any atom is 0.251 e. The fraction of sp³-hybridized carbons (Fsp3) is 0.533. The van der Waals surface area contributed by atoms with Crippen molar-refractivity contribution in [2.45, 2.75) is 38.1 Å². The quantitative estimate of drug-likeness (QED) is 0.847. The summed E-state index contributed by atoms with van der Waals surface area (Å²) in [4.78, 5) is 12.1. The van der Waals surface area contributed by atoms with Gasteiger partial charge in [0.15, 0.2) is 0 Å². The van der Waals surface area contributed by atoms with Crippen molar-refractivity contribution in [1.29, 1.82) is 0 Å². The summed E-state index contributed by atoms with van der Waals surface area (Å²) in [7, 11) is 0. The second-order valence-electron chi connectivity index (χ2n) is 5.32. The molecule has 2 rings (SSSR count). The minimum atomic E-state index is 0.0575. The number of halogens is 1. The average molecular weight is 310 g/mol. The summed E-state index contributed by atoms with van der Waals surface area (Å²) in [6.07, 6.45) is 2.32. The van der Waals surface area contributed by atoms with Gasteiger partial charge in [0.05, 0.1) is 0 Å². The Hall–Kier alpha value is -0.830. The van der Waals surface area contributed by atoms with Crippen LogP contribution < -0.4 is 5.32 Å². The third kappa shape index (κ3) is 2.94. The standard InChI is InChI=1S/C15H20BrNO/c1-10-3-8-14(11(10)2)17-15(18)13-6-4-12(9-16)5-7-13/h4-7,10-11,14H,3,8-9H2,1-2H3,(H,17,18). The summed E-state index contributed by atoms with van der Waals surface area (Å²) < 4.78 is 0. The van der Waals surface area contributed by atoms with E-state index in [1.165, 1.54) is 12.0 Å². The van der Waals surface area contributed by atoms with Crippen molar-refractivity contribution in [2.75, 3.05) is 0 Å². The highest BCUT2D eigenvalue weighted by molar-refractivity contribution is 9.08. The van der Waals surface area contributed by atoms with E-state index in [1.807, 2.05) is 24.3 Å². The van der Waals surface area contributed by atoms with Crippen LogP contribution in [0, 0.1) is 11.8 Å². The van der Waals surface area contributed by atoms with E-state index < -0.39 is 0 Å². The molecule has 1 aromatic rings. The highest BCUT2D eigenvalue weighted by Crippen LogP contribution is 2.31. The van der Waals surface area contributed by atoms with Crippen molar-refractivity contribution >= 4 is 21.8 Å². The zero-order valence-corrected chi connectivity index (χ0v) is 12.5. The van der Waals surface area contributed by atoms with Gasteiger partial charge in [0.25, 0.3) is 5.91 Å². The highest BCUT2D eigenvalue weighted by atomic mass is 79.9. The van der Waals surface area contributed by atoms with E-state index in [2.05, 4.69) is 35.1 Å². The van der Waals surface area contributed by atoms with E-state index in [9.17, 15) is 4.79 Å². The summed E-state index contributed by atoms with van der Waals surface area (Å²) in [5.41, 5.74) is 1.95. The molecule has 0 bridgehead atoms. The largest absolute Gasteiger partial charge is 0.349 e. The van der Waals surface area contributed by atoms with Crippen LogP contribution in [0.5, 0.6) is 0 Å². The number of carbonyl (C=O) groups is 1. The lowest BCUT2D eigenvalue weighted by molar-refractivity contribution is 0.0927. The molecule has 0 spiro atoms. The number of hydrogen-bond acceptors (Lipinski definition) is 1. The Labute approximate surface area is 117 Å². The fourth-order valence-electron chi connectivity index (χ4n) is 2.57. The predicted molar refractivity (Wildman–Crippen MR) is 77.9 cm³/mol. The number of carbonyl (C=O) groups excluding carboxylic acids is 1. The molecule has 2 nitrogen and oxygen atoms in total. The molecule has 1 amide bonds. The van der Waals surface area contributed by atoms with Crippen molar-refractivity contribution < 1.29 is 4.79 Å². The van der Waals surface area contributed by atoms with E-state index in [1.54, 1.807) is 0 Å². The summed E-state index contributed by atoms with van der Waals surface area (Å²) in [5.74, 6) is 1.35. The van der Waals surface area contributed by atoms with E-state index in [0.717, 1.165) is 17.3 Å². The molecule has 18 heavy (non-hydrogen) atoms. The zero-order valence-electron chi connectivity index (χ0n) is 10.9. The van der Waals surface area contributed by atoms with Gasteiger partial charge in [-0.1, -0.05) is 41.9 Å². The van der Waals surface area contributed by atoms with Crippen LogP contribution >= 0.6 is 15.9 Å². The number of hydrogen-bond donors (Lipinski definition) is 1. The second kappa shape index (κ2) is 5.87. The minimum Gasteiger partial charge on any atom is -0.349 e. The van der Waals surface area contributed by atoms with Gasteiger partial charge in [-0.05, 0) is 42.4 Å². The molecular weight excluding hydrogens is 290 g/mol. The Morgan fingerprint density at radius 2 is 1.94 bits per heavy atom. The number of benzene rings is 1. The van der Waals surface area contributed by atoms with Crippen LogP contribution in [0.1, 0.15) is 42.6 Å². The molecule has 0 aliphatic heterocycles. The third-order valence-electron chi connectivity index (χ3n) is 4.15. The van der Waals surface area contributed by atoms with E-state index in [0.29, 0.717) is 17.9 Å². The molecule has 0 aromatic heterocycles. The van der Waals surface area contributed by atoms with Gasteiger partial charge in [0.1, 0.15) is 0 Å². The van der Waals surface area contributed by atoms with E-state index >= 15 is 0 Å². The molecule has 0 saturated heterocycles. The molecule has 1 aromatic carbocycles. The molecule has 0 heterocycles. The van der Waals surface area contributed by atoms with Gasteiger partial charge in [0, 0.05) is 16.9 Å². The van der Waals surface area contributed by atoms with Gasteiger partial charge in [-0.3, -0.25) is 4.79 Å². The smallest absolute Gasteiger partial charge is 0.251 e. The zero-order chi connectivity index (χ0) is 13.1. The SMILES string of the molecule is CC1CCC(NC(=O)c2ccc(CBr)cc2)C1C. The van der Waals surface area contributed by atoms with Crippen molar-refractivity contribution in [3.8, 4) is 0 Å². The maximum absolute atomic E-state index is 12.1. The molecule has 3 heteroatoms. The van der Waals surface area contributed by atoms with Crippen LogP contribution in [0.4, 0.5) is 0 Å². The minimum absolute atomic E-state index is 0.0575. The Morgan fingerprint density at radius 3 is 2.44 bits per heavy atom. The summed E-state index contributed by atoms with van der Waals surface area (Å²) in [6.45, 7) is 4.50. The summed E-state index contributed by atoms with van der Waals surface area (Å²) in [5, 5.41) is 3.99. The van der Waals surface area contributed by atoms with Gasteiger partial charge in [-0.15, -0.1) is 0 Å². The van der Waals surface area contributed by atoms with Crippen LogP contribution in [0.15, 0.2) is 24.3 Å². The van der Waals surface area contributed by atoms with Gasteiger partial charge < -0.3 is 5.32 Å². The molecule has 1 saturated carbocycles. The lowest BCUT2D eigenvalue weighted by Gasteiger charge is -2.19. The summed E-state index contributed by atoms with van der Waals surface area (Å²) >= 11 is 3.40. The molecular formula is C15H20BrNO. The second-order valence-corrected chi connectivity index (χ2v) is 5.88. The number of rotatable bonds is 3. The predicted octanol–water partition coefficient (Wildman–Crippen LogP) is 3.75. The molecule has 3 unspecified atom stereocenters. The lowest BCUT2D eigenvalue weighted by atomic mass is 9.97. The molecule has 1 fully saturated rings. The van der Waals surface area contributed by atoms with Gasteiger partial charge in [-0.2, -0.15) is 0 Å². The first-order valence-corrected chi connectivity index (χ1v) is 7.69. The molecule has 0 radical (unpaired) electrons. The van der Waals surface area contributed by atoms with Crippen LogP contribution in [0.25, 0.3) is 0 Å². The van der Waals surface area contributed by atoms with Crippen molar-refractivity contribution in [3.63, 3.8) is 0 Å². The highest BCUT2D eigenvalue weighted by Gasteiger charge is 2.30. The summed E-state index contributed by atoms with van der Waals surface area (Å²) in [6, 6.07) is 8.11. The van der Waals surface area contributed by atoms with Crippen LogP contribution in [0.3, 0.4) is 0 Å². The molecule has 1 N–H and O–H groups in total. The fourth-order valence-corrected chi connectivity index (χ4v) is 2.94. The van der Waals surface area contributed by atoms with E-state index in [4.69, 9.17) is 0 Å². The number of nitrogens with one attached hydrogen (secondary N) is 1. The van der Waals surface area contributed by atoms with Crippen LogP contribution in [-0.2, 0) is 5.33 Å². The number of amides is 1. The van der Waals surface area contributed by atoms with Crippen molar-refractivity contribution in [3.05, 3.63) is 35.4 Å². The number of alkyl halides is 1. The Morgan fingerprint density at radius 1 is 1.28 bits per heavy atom. The van der Waals surface area contributed by atoms with Gasteiger partial charge in [0.2, 0.25) is 0 Å². The van der Waals surface area contributed by atoms with Gasteiger partial charge in [-0.25, -0.2) is 0 Å². The van der Waals surface area contributed by atoms with E-state index in [-0.39, 0.29) is 5.91 Å². The normalized spacial score (nSPS) is 27.2. The molecule has 1 aliphatic carbocycles. The Bertz CT molecular complexity index is 415. The Kier molecular flexibility index (Phi) is 4.44.